The zero-order chi connectivity index (χ0) is 10.4. The lowest BCUT2D eigenvalue weighted by Gasteiger charge is -2.11. The van der Waals surface area contributed by atoms with Gasteiger partial charge in [0.25, 0.3) is 0 Å². The van der Waals surface area contributed by atoms with E-state index in [1.54, 1.807) is 4.68 Å². The summed E-state index contributed by atoms with van der Waals surface area (Å²) in [5, 5.41) is 19.6. The highest BCUT2D eigenvalue weighted by Gasteiger charge is 2.05. The summed E-state index contributed by atoms with van der Waals surface area (Å²) in [6, 6.07) is 2.41. The highest BCUT2D eigenvalue weighted by molar-refractivity contribution is 4.92. The van der Waals surface area contributed by atoms with Crippen molar-refractivity contribution in [3.8, 4) is 6.07 Å². The number of rotatable bonds is 5. The average molecular weight is 193 g/mol. The molecule has 5 heteroatoms. The van der Waals surface area contributed by atoms with Crippen molar-refractivity contribution in [2.45, 2.75) is 32.4 Å². The van der Waals surface area contributed by atoms with Crippen LogP contribution in [0.4, 0.5) is 0 Å². The van der Waals surface area contributed by atoms with E-state index in [1.165, 1.54) is 0 Å². The lowest BCUT2D eigenvalue weighted by Crippen LogP contribution is -2.27. The molecule has 0 spiro atoms. The minimum Gasteiger partial charge on any atom is -0.307 e. The maximum Gasteiger partial charge on any atom is 0.0964 e. The molecule has 0 radical (unpaired) electrons. The molecule has 0 fully saturated rings. The molecule has 0 amide bonds. The SMILES string of the molecule is CCC(CC#N)NCc1cn(C)nn1. The first-order valence-electron chi connectivity index (χ1n) is 4.71. The van der Waals surface area contributed by atoms with Crippen LogP contribution in [0.2, 0.25) is 0 Å². The van der Waals surface area contributed by atoms with Crippen LogP contribution in [0.25, 0.3) is 0 Å². The molecule has 0 aliphatic heterocycles. The smallest absolute Gasteiger partial charge is 0.0964 e. The van der Waals surface area contributed by atoms with Gasteiger partial charge in [0.05, 0.1) is 18.2 Å². The van der Waals surface area contributed by atoms with Crippen molar-refractivity contribution in [2.75, 3.05) is 0 Å². The van der Waals surface area contributed by atoms with E-state index in [0.29, 0.717) is 13.0 Å². The number of nitrogens with zero attached hydrogens (tertiary/aromatic N) is 4. The topological polar surface area (TPSA) is 66.5 Å². The molecule has 0 aliphatic rings. The van der Waals surface area contributed by atoms with E-state index in [0.717, 1.165) is 12.1 Å². The number of hydrogen-bond acceptors (Lipinski definition) is 4. The standard InChI is InChI=1S/C9H15N5/c1-3-8(4-5-10)11-6-9-7-14(2)13-12-9/h7-8,11H,3-4,6H2,1-2H3. The van der Waals surface area contributed by atoms with Gasteiger partial charge in [0.2, 0.25) is 0 Å². The largest absolute Gasteiger partial charge is 0.307 e. The van der Waals surface area contributed by atoms with Gasteiger partial charge in [-0.1, -0.05) is 12.1 Å². The second-order valence-electron chi connectivity index (χ2n) is 3.23. The number of nitrogens with one attached hydrogen (secondary N) is 1. The maximum absolute atomic E-state index is 8.55. The summed E-state index contributed by atoms with van der Waals surface area (Å²) in [6.07, 6.45) is 3.36. The van der Waals surface area contributed by atoms with Gasteiger partial charge in [-0.25, -0.2) is 0 Å². The Morgan fingerprint density at radius 3 is 3.00 bits per heavy atom. The van der Waals surface area contributed by atoms with Crippen LogP contribution in [0.15, 0.2) is 6.20 Å². The minimum absolute atomic E-state index is 0.252. The Hall–Kier alpha value is -1.41. The third-order valence-electron chi connectivity index (χ3n) is 2.05. The first kappa shape index (κ1) is 10.7. The van der Waals surface area contributed by atoms with Crippen LogP contribution in [0.3, 0.4) is 0 Å². The van der Waals surface area contributed by atoms with Gasteiger partial charge in [-0.05, 0) is 6.42 Å². The summed E-state index contributed by atoms with van der Waals surface area (Å²) in [6.45, 7) is 2.74. The first-order chi connectivity index (χ1) is 6.76. The van der Waals surface area contributed by atoms with Crippen molar-refractivity contribution in [1.82, 2.24) is 20.3 Å². The molecule has 0 bridgehead atoms. The third kappa shape index (κ3) is 3.15. The van der Waals surface area contributed by atoms with Crippen LogP contribution in [0, 0.1) is 11.3 Å². The van der Waals surface area contributed by atoms with E-state index in [-0.39, 0.29) is 6.04 Å². The van der Waals surface area contributed by atoms with Gasteiger partial charge >= 0.3 is 0 Å². The first-order valence-corrected chi connectivity index (χ1v) is 4.71. The van der Waals surface area contributed by atoms with Crippen LogP contribution in [0.1, 0.15) is 25.5 Å². The van der Waals surface area contributed by atoms with Crippen LogP contribution in [-0.4, -0.2) is 21.0 Å². The molecule has 1 unspecified atom stereocenters. The van der Waals surface area contributed by atoms with E-state index < -0.39 is 0 Å². The molecular weight excluding hydrogens is 178 g/mol. The van der Waals surface area contributed by atoms with Gasteiger partial charge in [-0.15, -0.1) is 5.10 Å². The van der Waals surface area contributed by atoms with Crippen LogP contribution >= 0.6 is 0 Å². The molecule has 5 nitrogen and oxygen atoms in total. The Bertz CT molecular complexity index is 311. The molecule has 0 aromatic carbocycles. The van der Waals surface area contributed by atoms with Gasteiger partial charge in [0.1, 0.15) is 0 Å². The van der Waals surface area contributed by atoms with Crippen LogP contribution < -0.4 is 5.32 Å². The molecule has 0 saturated heterocycles. The molecule has 1 heterocycles. The van der Waals surface area contributed by atoms with Crippen molar-refractivity contribution in [2.24, 2.45) is 7.05 Å². The minimum atomic E-state index is 0.252. The second kappa shape index (κ2) is 5.35. The third-order valence-corrected chi connectivity index (χ3v) is 2.05. The van der Waals surface area contributed by atoms with E-state index >= 15 is 0 Å². The second-order valence-corrected chi connectivity index (χ2v) is 3.23. The molecule has 1 N–H and O–H groups in total. The van der Waals surface area contributed by atoms with Gasteiger partial charge in [0.15, 0.2) is 0 Å². The lowest BCUT2D eigenvalue weighted by molar-refractivity contribution is 0.500. The van der Waals surface area contributed by atoms with Crippen molar-refractivity contribution in [3.05, 3.63) is 11.9 Å². The average Bonchev–Trinajstić information content (AvgIpc) is 2.59. The highest BCUT2D eigenvalue weighted by Crippen LogP contribution is 1.98. The Kier molecular flexibility index (Phi) is 4.08. The Morgan fingerprint density at radius 1 is 1.71 bits per heavy atom. The van der Waals surface area contributed by atoms with Gasteiger partial charge in [-0.2, -0.15) is 5.26 Å². The van der Waals surface area contributed by atoms with E-state index in [4.69, 9.17) is 5.26 Å². The molecule has 0 saturated carbocycles. The maximum atomic E-state index is 8.55. The number of nitriles is 1. The fourth-order valence-electron chi connectivity index (χ4n) is 1.20. The normalized spacial score (nSPS) is 12.4. The van der Waals surface area contributed by atoms with E-state index in [1.807, 2.05) is 13.2 Å². The summed E-state index contributed by atoms with van der Waals surface area (Å²) in [4.78, 5) is 0. The molecule has 14 heavy (non-hydrogen) atoms. The zero-order valence-corrected chi connectivity index (χ0v) is 8.56. The highest BCUT2D eigenvalue weighted by atomic mass is 15.4. The zero-order valence-electron chi connectivity index (χ0n) is 8.56. The molecule has 0 aliphatic carbocycles. The molecule has 1 aromatic heterocycles. The Balaban J connectivity index is 2.36. The van der Waals surface area contributed by atoms with Crippen molar-refractivity contribution in [1.29, 1.82) is 5.26 Å². The fourth-order valence-corrected chi connectivity index (χ4v) is 1.20. The quantitative estimate of drug-likeness (QED) is 0.743. The predicted molar refractivity (Wildman–Crippen MR) is 52.2 cm³/mol. The van der Waals surface area contributed by atoms with Gasteiger partial charge in [0, 0.05) is 25.8 Å². The molecule has 1 rings (SSSR count). The fraction of sp³-hybridized carbons (Fsp3) is 0.667. The van der Waals surface area contributed by atoms with Crippen molar-refractivity contribution in [3.63, 3.8) is 0 Å². The van der Waals surface area contributed by atoms with Gasteiger partial charge < -0.3 is 5.32 Å². The summed E-state index contributed by atoms with van der Waals surface area (Å²) in [5.41, 5.74) is 0.906. The monoisotopic (exact) mass is 193 g/mol. The van der Waals surface area contributed by atoms with E-state index in [2.05, 4.69) is 28.6 Å². The molecule has 76 valence electrons. The Labute approximate surface area is 83.7 Å². The molecular formula is C9H15N5. The van der Waals surface area contributed by atoms with Crippen molar-refractivity contribution < 1.29 is 0 Å². The summed E-state index contributed by atoms with van der Waals surface area (Å²) >= 11 is 0. The van der Waals surface area contributed by atoms with Crippen molar-refractivity contribution >= 4 is 0 Å². The lowest BCUT2D eigenvalue weighted by atomic mass is 10.1. The summed E-state index contributed by atoms with van der Waals surface area (Å²) < 4.78 is 1.67. The van der Waals surface area contributed by atoms with E-state index in [9.17, 15) is 0 Å². The number of hydrogen-bond donors (Lipinski definition) is 1. The number of aryl methyl sites for hydroxylation is 1. The number of aromatic nitrogens is 3. The molecule has 1 atom stereocenters. The van der Waals surface area contributed by atoms with Gasteiger partial charge in [-0.3, -0.25) is 4.68 Å². The van der Waals surface area contributed by atoms with Crippen LogP contribution in [-0.2, 0) is 13.6 Å². The predicted octanol–water partition coefficient (Wildman–Crippen LogP) is 0.597. The molecule has 1 aromatic rings. The summed E-state index contributed by atoms with van der Waals surface area (Å²) in [7, 11) is 1.84. The summed E-state index contributed by atoms with van der Waals surface area (Å²) in [5.74, 6) is 0. The van der Waals surface area contributed by atoms with Crippen LogP contribution in [0.5, 0.6) is 0 Å². The Morgan fingerprint density at radius 2 is 2.50 bits per heavy atom.